The molecule has 0 radical (unpaired) electrons. The lowest BCUT2D eigenvalue weighted by atomic mass is 10.0. The van der Waals surface area contributed by atoms with Crippen LogP contribution in [0.15, 0.2) is 23.4 Å². The third-order valence-corrected chi connectivity index (χ3v) is 4.22. The molecule has 12 heavy (non-hydrogen) atoms. The van der Waals surface area contributed by atoms with Gasteiger partial charge in [-0.3, -0.25) is 0 Å². The van der Waals surface area contributed by atoms with Gasteiger partial charge in [0, 0.05) is 0 Å². The highest BCUT2D eigenvalue weighted by Crippen LogP contribution is 2.22. The van der Waals surface area contributed by atoms with Gasteiger partial charge >= 0.3 is 0 Å². The summed E-state index contributed by atoms with van der Waals surface area (Å²) in [6, 6.07) is 0. The van der Waals surface area contributed by atoms with Crippen molar-refractivity contribution in [2.75, 3.05) is 0 Å². The fourth-order valence-corrected chi connectivity index (χ4v) is 2.73. The van der Waals surface area contributed by atoms with Crippen LogP contribution in [0.25, 0.3) is 0 Å². The molecule has 0 spiro atoms. The van der Waals surface area contributed by atoms with E-state index in [0.717, 1.165) is 5.92 Å². The summed E-state index contributed by atoms with van der Waals surface area (Å²) in [4.78, 5) is 0. The second kappa shape index (κ2) is 4.66. The highest BCUT2D eigenvalue weighted by molar-refractivity contribution is 6.65. The standard InChI is InChI=1S/C11H20Si/c1-4-5-6-10-7-8-11(9-10)12(2)3/h7-10,12H,4-6H2,1-3H3. The monoisotopic (exact) mass is 180 g/mol. The quantitative estimate of drug-likeness (QED) is 0.582. The molecule has 0 heterocycles. The molecule has 0 aromatic heterocycles. The predicted molar refractivity (Wildman–Crippen MR) is 59.1 cm³/mol. The third-order valence-electron chi connectivity index (χ3n) is 2.50. The molecule has 0 aromatic carbocycles. The molecular weight excluding hydrogens is 160 g/mol. The van der Waals surface area contributed by atoms with E-state index < -0.39 is 8.80 Å². The zero-order valence-corrected chi connectivity index (χ0v) is 9.66. The van der Waals surface area contributed by atoms with Crippen molar-refractivity contribution in [3.05, 3.63) is 23.4 Å². The van der Waals surface area contributed by atoms with Gasteiger partial charge in [-0.25, -0.2) is 0 Å². The minimum Gasteiger partial charge on any atom is -0.0787 e. The van der Waals surface area contributed by atoms with Crippen LogP contribution < -0.4 is 0 Å². The lowest BCUT2D eigenvalue weighted by molar-refractivity contribution is 0.647. The van der Waals surface area contributed by atoms with Gasteiger partial charge < -0.3 is 0 Å². The maximum Gasteiger partial charge on any atom is 0.0643 e. The molecule has 1 unspecified atom stereocenters. The van der Waals surface area contributed by atoms with Crippen molar-refractivity contribution in [3.63, 3.8) is 0 Å². The summed E-state index contributed by atoms with van der Waals surface area (Å²) in [5.41, 5.74) is 0. The first kappa shape index (κ1) is 9.78. The van der Waals surface area contributed by atoms with E-state index in [4.69, 9.17) is 0 Å². The smallest absolute Gasteiger partial charge is 0.0643 e. The number of allylic oxidation sites excluding steroid dienone is 4. The van der Waals surface area contributed by atoms with Crippen molar-refractivity contribution < 1.29 is 0 Å². The van der Waals surface area contributed by atoms with Gasteiger partial charge in [-0.1, -0.05) is 56.3 Å². The molecule has 0 nitrogen and oxygen atoms in total. The molecule has 0 saturated heterocycles. The Morgan fingerprint density at radius 1 is 1.42 bits per heavy atom. The van der Waals surface area contributed by atoms with Gasteiger partial charge in [0.1, 0.15) is 0 Å². The Morgan fingerprint density at radius 2 is 2.17 bits per heavy atom. The Morgan fingerprint density at radius 3 is 2.67 bits per heavy atom. The van der Waals surface area contributed by atoms with Gasteiger partial charge in [0.2, 0.25) is 0 Å². The zero-order chi connectivity index (χ0) is 8.97. The highest BCUT2D eigenvalue weighted by atomic mass is 28.3. The molecule has 0 bridgehead atoms. The molecule has 0 saturated carbocycles. The average Bonchev–Trinajstić information content (AvgIpc) is 2.48. The van der Waals surface area contributed by atoms with Crippen LogP contribution >= 0.6 is 0 Å². The maximum absolute atomic E-state index is 2.49. The molecule has 0 aliphatic heterocycles. The van der Waals surface area contributed by atoms with Crippen molar-refractivity contribution in [1.82, 2.24) is 0 Å². The molecule has 0 N–H and O–H groups in total. The first-order chi connectivity index (χ1) is 5.74. The first-order valence-corrected chi connectivity index (χ1v) is 8.02. The van der Waals surface area contributed by atoms with E-state index in [0.29, 0.717) is 0 Å². The van der Waals surface area contributed by atoms with Crippen molar-refractivity contribution in [3.8, 4) is 0 Å². The average molecular weight is 180 g/mol. The van der Waals surface area contributed by atoms with Crippen LogP contribution in [0, 0.1) is 5.92 Å². The molecule has 1 aliphatic rings. The minimum atomic E-state index is -0.521. The lowest BCUT2D eigenvalue weighted by Gasteiger charge is -2.03. The normalized spacial score (nSPS) is 22.0. The Kier molecular flexibility index (Phi) is 3.80. The van der Waals surface area contributed by atoms with Gasteiger partial charge in [0.25, 0.3) is 0 Å². The molecular formula is C11H20Si. The van der Waals surface area contributed by atoms with Crippen molar-refractivity contribution in [2.24, 2.45) is 5.92 Å². The molecule has 1 aliphatic carbocycles. The van der Waals surface area contributed by atoms with Gasteiger partial charge in [-0.2, -0.15) is 0 Å². The number of unbranched alkanes of at least 4 members (excludes halogenated alkanes) is 1. The van der Waals surface area contributed by atoms with Crippen molar-refractivity contribution >= 4 is 8.80 Å². The second-order valence-corrected chi connectivity index (χ2v) is 6.96. The van der Waals surface area contributed by atoms with E-state index in [2.05, 4.69) is 38.2 Å². The second-order valence-electron chi connectivity index (χ2n) is 3.99. The van der Waals surface area contributed by atoms with E-state index >= 15 is 0 Å². The highest BCUT2D eigenvalue weighted by Gasteiger charge is 2.11. The zero-order valence-electron chi connectivity index (χ0n) is 8.51. The molecule has 68 valence electrons. The van der Waals surface area contributed by atoms with Crippen LogP contribution in [0.5, 0.6) is 0 Å². The first-order valence-electron chi connectivity index (χ1n) is 5.14. The third kappa shape index (κ3) is 2.63. The topological polar surface area (TPSA) is 0 Å². The fourth-order valence-electron chi connectivity index (χ4n) is 1.60. The summed E-state index contributed by atoms with van der Waals surface area (Å²) >= 11 is 0. The van der Waals surface area contributed by atoms with E-state index in [9.17, 15) is 0 Å². The van der Waals surface area contributed by atoms with Gasteiger partial charge in [-0.15, -0.1) is 0 Å². The van der Waals surface area contributed by atoms with E-state index in [1.165, 1.54) is 19.3 Å². The Labute approximate surface area is 78.0 Å². The van der Waals surface area contributed by atoms with E-state index in [1.54, 1.807) is 5.20 Å². The molecule has 0 amide bonds. The van der Waals surface area contributed by atoms with Gasteiger partial charge in [0.15, 0.2) is 0 Å². The van der Waals surface area contributed by atoms with Crippen molar-refractivity contribution in [2.45, 2.75) is 39.3 Å². The van der Waals surface area contributed by atoms with Crippen LogP contribution in [0.4, 0.5) is 0 Å². The SMILES string of the molecule is CCCCC1C=CC([SiH](C)C)=C1. The Bertz CT molecular complexity index is 189. The van der Waals surface area contributed by atoms with Crippen LogP contribution in [-0.4, -0.2) is 8.80 Å². The summed E-state index contributed by atoms with van der Waals surface area (Å²) in [7, 11) is -0.521. The number of hydrogen-bond acceptors (Lipinski definition) is 0. The summed E-state index contributed by atoms with van der Waals surface area (Å²) in [6.45, 7) is 7.07. The lowest BCUT2D eigenvalue weighted by Crippen LogP contribution is -2.01. The predicted octanol–water partition coefficient (Wildman–Crippen LogP) is 3.31. The Hall–Kier alpha value is -0.303. The summed E-state index contributed by atoms with van der Waals surface area (Å²) < 4.78 is 0. The Balaban J connectivity index is 2.38. The molecule has 1 atom stereocenters. The van der Waals surface area contributed by atoms with Crippen LogP contribution in [0.2, 0.25) is 13.1 Å². The van der Waals surface area contributed by atoms with Gasteiger partial charge in [0.05, 0.1) is 8.80 Å². The largest absolute Gasteiger partial charge is 0.0787 e. The maximum atomic E-state index is 2.49. The van der Waals surface area contributed by atoms with E-state index in [1.807, 2.05) is 0 Å². The minimum absolute atomic E-state index is 0.521. The van der Waals surface area contributed by atoms with Crippen LogP contribution in [-0.2, 0) is 0 Å². The van der Waals surface area contributed by atoms with Gasteiger partial charge in [-0.05, 0) is 12.3 Å². The van der Waals surface area contributed by atoms with Crippen LogP contribution in [0.1, 0.15) is 26.2 Å². The molecule has 1 rings (SSSR count). The summed E-state index contributed by atoms with van der Waals surface area (Å²) in [6.07, 6.45) is 11.3. The van der Waals surface area contributed by atoms with Crippen LogP contribution in [0.3, 0.4) is 0 Å². The number of rotatable bonds is 4. The fraction of sp³-hybridized carbons (Fsp3) is 0.636. The summed E-state index contributed by atoms with van der Waals surface area (Å²) in [5, 5.41) is 1.66. The summed E-state index contributed by atoms with van der Waals surface area (Å²) in [5.74, 6) is 0.773. The molecule has 0 aromatic rings. The molecule has 0 fully saturated rings. The molecule has 1 heteroatoms. The van der Waals surface area contributed by atoms with Crippen molar-refractivity contribution in [1.29, 1.82) is 0 Å². The number of hydrogen-bond donors (Lipinski definition) is 0. The van der Waals surface area contributed by atoms with E-state index in [-0.39, 0.29) is 0 Å².